The molecule has 0 radical (unpaired) electrons. The molecule has 1 aromatic carbocycles. The molecule has 0 aliphatic carbocycles. The van der Waals surface area contributed by atoms with Crippen LogP contribution in [0.5, 0.6) is 5.75 Å². The third-order valence-corrected chi connectivity index (χ3v) is 10.1. The molecule has 2 fully saturated rings. The van der Waals surface area contributed by atoms with Crippen molar-refractivity contribution in [3.63, 3.8) is 0 Å². The predicted molar refractivity (Wildman–Crippen MR) is 195 cm³/mol. The van der Waals surface area contributed by atoms with Crippen molar-refractivity contribution in [3.8, 4) is 17.0 Å². The Morgan fingerprint density at radius 2 is 1.86 bits per heavy atom. The third-order valence-electron chi connectivity index (χ3n) is 8.92. The second-order valence-corrected chi connectivity index (χ2v) is 14.1. The summed E-state index contributed by atoms with van der Waals surface area (Å²) in [5.74, 6) is 1.50. The van der Waals surface area contributed by atoms with Gasteiger partial charge in [0, 0.05) is 56.9 Å². The molecule has 0 spiro atoms. The van der Waals surface area contributed by atoms with Gasteiger partial charge in [-0.3, -0.25) is 9.59 Å². The molecule has 3 N–H and O–H groups in total. The summed E-state index contributed by atoms with van der Waals surface area (Å²) in [6.07, 6.45) is 4.65. The zero-order valence-electron chi connectivity index (χ0n) is 27.9. The number of ether oxygens (including phenoxy) is 1. The second kappa shape index (κ2) is 14.0. The first kappa shape index (κ1) is 34.2. The topological polar surface area (TPSA) is 136 Å². The van der Waals surface area contributed by atoms with Gasteiger partial charge in [-0.05, 0) is 56.7 Å². The van der Waals surface area contributed by atoms with Crippen LogP contribution in [-0.2, 0) is 4.79 Å². The number of hydrogen-bond acceptors (Lipinski definition) is 11. The summed E-state index contributed by atoms with van der Waals surface area (Å²) in [5, 5.41) is 17.6. The average Bonchev–Trinajstić information content (AvgIpc) is 3.53. The van der Waals surface area contributed by atoms with Gasteiger partial charge in [-0.15, -0.1) is 0 Å². The highest BCUT2D eigenvalue weighted by atomic mass is 35.5. The van der Waals surface area contributed by atoms with Gasteiger partial charge in [-0.2, -0.15) is 0 Å². The van der Waals surface area contributed by atoms with Crippen LogP contribution in [0.2, 0.25) is 5.02 Å². The highest BCUT2D eigenvalue weighted by Crippen LogP contribution is 2.39. The number of anilines is 5. The molecule has 0 bridgehead atoms. The highest BCUT2D eigenvalue weighted by molar-refractivity contribution is 7.17. The molecule has 5 heterocycles. The van der Waals surface area contributed by atoms with E-state index in [1.807, 2.05) is 45.0 Å². The van der Waals surface area contributed by atoms with Crippen molar-refractivity contribution in [1.29, 1.82) is 0 Å². The van der Waals surface area contributed by atoms with Crippen molar-refractivity contribution < 1.29 is 19.4 Å². The number of methoxy groups -OCH3 is 1. The van der Waals surface area contributed by atoms with Crippen LogP contribution < -0.4 is 25.2 Å². The number of hydrogen-bond donors (Lipinski definition) is 3. The lowest BCUT2D eigenvalue weighted by Gasteiger charge is -2.48. The lowest BCUT2D eigenvalue weighted by molar-refractivity contribution is -0.126. The second-order valence-electron chi connectivity index (χ2n) is 12.6. The van der Waals surface area contributed by atoms with Gasteiger partial charge in [-0.1, -0.05) is 41.6 Å². The van der Waals surface area contributed by atoms with Crippen molar-refractivity contribution in [3.05, 3.63) is 76.9 Å². The standard InChI is InChI=1S/C35H39ClN8O4S/c1-6-29(45)42-12-14-43(15-13-42)32-26(44-19-23(20-44)35(3,4)47)16-22(17-37-32)25-10-11-27(48-5)31(39-25)41-34-38-18-28(49-34)33(46)40-30-21(2)8-7-9-24(30)36/h6-11,16-18,23,47H,1,12-15,19-20H2,2-5H3,(H,40,46)(H,38,39,41). The number of carbonyl (C=O) groups excluding carboxylic acids is 2. The summed E-state index contributed by atoms with van der Waals surface area (Å²) >= 11 is 7.49. The van der Waals surface area contributed by atoms with E-state index in [0.717, 1.165) is 22.6 Å². The van der Waals surface area contributed by atoms with Crippen molar-refractivity contribution in [2.45, 2.75) is 26.4 Å². The first-order valence-electron chi connectivity index (χ1n) is 15.9. The Kier molecular flexibility index (Phi) is 9.77. The molecule has 3 aromatic heterocycles. The number of nitrogens with zero attached hydrogens (tertiary/aromatic N) is 6. The van der Waals surface area contributed by atoms with Crippen molar-refractivity contribution >= 4 is 62.9 Å². The van der Waals surface area contributed by atoms with E-state index in [0.29, 0.717) is 77.2 Å². The molecule has 2 aliphatic heterocycles. The molecule has 49 heavy (non-hydrogen) atoms. The zero-order chi connectivity index (χ0) is 34.9. The van der Waals surface area contributed by atoms with Gasteiger partial charge in [0.1, 0.15) is 4.88 Å². The molecule has 2 amide bonds. The monoisotopic (exact) mass is 702 g/mol. The molecule has 0 atom stereocenters. The number of amides is 2. The largest absolute Gasteiger partial charge is 0.493 e. The van der Waals surface area contributed by atoms with E-state index in [-0.39, 0.29) is 17.7 Å². The van der Waals surface area contributed by atoms with Crippen LogP contribution in [0, 0.1) is 12.8 Å². The normalized spacial score (nSPS) is 15.1. The van der Waals surface area contributed by atoms with Gasteiger partial charge in [-0.25, -0.2) is 15.0 Å². The van der Waals surface area contributed by atoms with Gasteiger partial charge in [0.05, 0.1) is 41.0 Å². The molecule has 6 rings (SSSR count). The Hall–Kier alpha value is -4.72. The number of aliphatic hydroxyl groups is 1. The number of halogens is 1. The highest BCUT2D eigenvalue weighted by Gasteiger charge is 2.39. The molecule has 2 saturated heterocycles. The maximum atomic E-state index is 13.0. The maximum Gasteiger partial charge on any atom is 0.267 e. The van der Waals surface area contributed by atoms with E-state index < -0.39 is 5.60 Å². The molecule has 0 unspecified atom stereocenters. The Labute approximate surface area is 294 Å². The Morgan fingerprint density at radius 3 is 2.53 bits per heavy atom. The van der Waals surface area contributed by atoms with Crippen molar-refractivity contribution in [2.75, 3.05) is 66.8 Å². The Morgan fingerprint density at radius 1 is 1.10 bits per heavy atom. The maximum absolute atomic E-state index is 13.0. The fourth-order valence-corrected chi connectivity index (χ4v) is 6.80. The number of rotatable bonds is 10. The number of benzene rings is 1. The van der Waals surface area contributed by atoms with Gasteiger partial charge >= 0.3 is 0 Å². The van der Waals surface area contributed by atoms with Crippen LogP contribution in [0.4, 0.5) is 28.1 Å². The van der Waals surface area contributed by atoms with Gasteiger partial charge < -0.3 is 35.2 Å². The summed E-state index contributed by atoms with van der Waals surface area (Å²) in [6, 6.07) is 11.2. The Balaban J connectivity index is 1.25. The summed E-state index contributed by atoms with van der Waals surface area (Å²) in [4.78, 5) is 46.0. The van der Waals surface area contributed by atoms with Crippen molar-refractivity contribution in [2.24, 2.45) is 5.92 Å². The number of para-hydroxylation sites is 1. The van der Waals surface area contributed by atoms with Crippen LogP contribution in [0.1, 0.15) is 29.1 Å². The molecular formula is C35H39ClN8O4S. The van der Waals surface area contributed by atoms with Crippen LogP contribution in [0.15, 0.2) is 61.4 Å². The predicted octanol–water partition coefficient (Wildman–Crippen LogP) is 5.61. The van der Waals surface area contributed by atoms with Crippen molar-refractivity contribution in [1.82, 2.24) is 19.9 Å². The molecule has 0 saturated carbocycles. The lowest BCUT2D eigenvalue weighted by atomic mass is 9.84. The van der Waals surface area contributed by atoms with E-state index in [9.17, 15) is 14.7 Å². The summed E-state index contributed by atoms with van der Waals surface area (Å²) < 4.78 is 5.60. The first-order valence-corrected chi connectivity index (χ1v) is 17.1. The lowest BCUT2D eigenvalue weighted by Crippen LogP contribution is -2.56. The average molecular weight is 703 g/mol. The summed E-state index contributed by atoms with van der Waals surface area (Å²) in [5.41, 5.74) is 3.03. The number of piperazine rings is 1. The van der Waals surface area contributed by atoms with Crippen LogP contribution in [0.25, 0.3) is 11.3 Å². The first-order chi connectivity index (χ1) is 23.4. The van der Waals surface area contributed by atoms with E-state index in [1.165, 1.54) is 23.6 Å². The van der Waals surface area contributed by atoms with Gasteiger partial charge in [0.15, 0.2) is 22.5 Å². The molecule has 2 aliphatic rings. The fraction of sp³-hybridized carbons (Fsp3) is 0.343. The SMILES string of the molecule is C=CC(=O)N1CCN(c2ncc(-c3ccc(OC)c(Nc4ncc(C(=O)Nc5c(C)cccc5Cl)s4)n3)cc2N2CC(C(C)(C)O)C2)CC1. The summed E-state index contributed by atoms with van der Waals surface area (Å²) in [6.45, 7) is 13.0. The number of aryl methyl sites for hydroxylation is 1. The third kappa shape index (κ3) is 7.33. The van der Waals surface area contributed by atoms with E-state index in [4.69, 9.17) is 26.3 Å². The molecular weight excluding hydrogens is 664 g/mol. The Bertz CT molecular complexity index is 1860. The minimum absolute atomic E-state index is 0.0710. The van der Waals surface area contributed by atoms with Gasteiger partial charge in [0.2, 0.25) is 5.91 Å². The zero-order valence-corrected chi connectivity index (χ0v) is 29.4. The summed E-state index contributed by atoms with van der Waals surface area (Å²) in [7, 11) is 1.56. The van der Waals surface area contributed by atoms with E-state index in [2.05, 4.69) is 38.1 Å². The molecule has 12 nitrogen and oxygen atoms in total. The minimum atomic E-state index is -0.791. The number of carbonyl (C=O) groups is 2. The minimum Gasteiger partial charge on any atom is -0.493 e. The van der Waals surface area contributed by atoms with Crippen LogP contribution >= 0.6 is 22.9 Å². The van der Waals surface area contributed by atoms with Gasteiger partial charge in [0.25, 0.3) is 5.91 Å². The molecule has 14 heteroatoms. The molecule has 256 valence electrons. The quantitative estimate of drug-likeness (QED) is 0.179. The molecule has 4 aromatic rings. The number of nitrogens with one attached hydrogen (secondary N) is 2. The van der Waals surface area contributed by atoms with Crippen LogP contribution in [0.3, 0.4) is 0 Å². The van der Waals surface area contributed by atoms with E-state index in [1.54, 1.807) is 24.3 Å². The number of thiazole rings is 1. The fourth-order valence-electron chi connectivity index (χ4n) is 5.82. The number of aromatic nitrogens is 3. The number of pyridine rings is 2. The van der Waals surface area contributed by atoms with E-state index >= 15 is 0 Å². The van der Waals surface area contributed by atoms with Crippen LogP contribution in [-0.4, -0.2) is 88.8 Å². The smallest absolute Gasteiger partial charge is 0.267 e.